The molecule has 12 heavy (non-hydrogen) atoms. The van der Waals surface area contributed by atoms with Crippen LogP contribution in [0, 0.1) is 0 Å². The van der Waals surface area contributed by atoms with Crippen molar-refractivity contribution in [3.63, 3.8) is 0 Å². The fourth-order valence-corrected chi connectivity index (χ4v) is 0.245. The summed E-state index contributed by atoms with van der Waals surface area (Å²) in [5.41, 5.74) is 0. The average Bonchev–Trinajstić information content (AvgIpc) is 1.87. The number of carbonyl (C=O) groups excluding carboxylic acids is 1. The number of hydrogen-bond acceptors (Lipinski definition) is 3. The largest absolute Gasteiger partial charge is 0.433 e. The normalized spacial score (nSPS) is 7.58. The lowest BCUT2D eigenvalue weighted by Gasteiger charge is -1.93. The SMILES string of the molecule is C=C(Cl)Cl.C=COC(=O)COC. The summed E-state index contributed by atoms with van der Waals surface area (Å²) in [6, 6.07) is 0. The maximum absolute atomic E-state index is 10.2. The molecule has 0 aliphatic carbocycles. The topological polar surface area (TPSA) is 35.5 Å². The van der Waals surface area contributed by atoms with Gasteiger partial charge in [-0.25, -0.2) is 4.79 Å². The maximum atomic E-state index is 10.2. The van der Waals surface area contributed by atoms with Gasteiger partial charge in [-0.1, -0.05) is 36.4 Å². The average molecular weight is 213 g/mol. The van der Waals surface area contributed by atoms with E-state index in [1.807, 2.05) is 0 Å². The van der Waals surface area contributed by atoms with E-state index in [0.717, 1.165) is 6.26 Å². The van der Waals surface area contributed by atoms with Gasteiger partial charge in [0.2, 0.25) is 0 Å². The van der Waals surface area contributed by atoms with Gasteiger partial charge in [-0.05, 0) is 0 Å². The van der Waals surface area contributed by atoms with Crippen LogP contribution < -0.4 is 0 Å². The maximum Gasteiger partial charge on any atom is 0.336 e. The Morgan fingerprint density at radius 1 is 1.58 bits per heavy atom. The van der Waals surface area contributed by atoms with E-state index in [9.17, 15) is 4.79 Å². The van der Waals surface area contributed by atoms with Crippen molar-refractivity contribution in [2.24, 2.45) is 0 Å². The van der Waals surface area contributed by atoms with Gasteiger partial charge < -0.3 is 9.47 Å². The quantitative estimate of drug-likeness (QED) is 0.532. The number of methoxy groups -OCH3 is 1. The van der Waals surface area contributed by atoms with E-state index in [4.69, 9.17) is 23.2 Å². The second kappa shape index (κ2) is 10.5. The molecule has 0 aliphatic heterocycles. The van der Waals surface area contributed by atoms with Crippen LogP contribution in [0.25, 0.3) is 0 Å². The van der Waals surface area contributed by atoms with Crippen LogP contribution in [0.3, 0.4) is 0 Å². The van der Waals surface area contributed by atoms with Crippen molar-refractivity contribution in [2.75, 3.05) is 13.7 Å². The van der Waals surface area contributed by atoms with Crippen LogP contribution in [0.2, 0.25) is 0 Å². The monoisotopic (exact) mass is 212 g/mol. The zero-order chi connectivity index (χ0) is 9.98. The Morgan fingerprint density at radius 2 is 2.00 bits per heavy atom. The first-order valence-electron chi connectivity index (χ1n) is 2.83. The highest BCUT2D eigenvalue weighted by atomic mass is 35.5. The molecule has 0 amide bonds. The number of halogens is 2. The second-order valence-corrected chi connectivity index (χ2v) is 2.53. The first-order valence-corrected chi connectivity index (χ1v) is 3.59. The van der Waals surface area contributed by atoms with Crippen LogP contribution in [0.5, 0.6) is 0 Å². The van der Waals surface area contributed by atoms with Gasteiger partial charge in [0.25, 0.3) is 0 Å². The van der Waals surface area contributed by atoms with Crippen molar-refractivity contribution in [1.29, 1.82) is 0 Å². The fourth-order valence-electron chi connectivity index (χ4n) is 0.245. The van der Waals surface area contributed by atoms with Crippen LogP contribution >= 0.6 is 23.2 Å². The number of carbonyl (C=O) groups is 1. The van der Waals surface area contributed by atoms with E-state index in [0.29, 0.717) is 0 Å². The lowest BCUT2D eigenvalue weighted by atomic mass is 10.7. The lowest BCUT2D eigenvalue weighted by Crippen LogP contribution is -2.06. The van der Waals surface area contributed by atoms with Crippen LogP contribution in [0.1, 0.15) is 0 Å². The molecule has 0 saturated carbocycles. The Labute approximate surface area is 81.6 Å². The van der Waals surface area contributed by atoms with E-state index in [2.05, 4.69) is 22.6 Å². The molecular weight excluding hydrogens is 203 g/mol. The van der Waals surface area contributed by atoms with E-state index in [1.54, 1.807) is 0 Å². The summed E-state index contributed by atoms with van der Waals surface area (Å²) < 4.78 is 8.83. The summed E-state index contributed by atoms with van der Waals surface area (Å²) in [5, 5.41) is 0. The summed E-state index contributed by atoms with van der Waals surface area (Å²) in [4.78, 5) is 10.2. The van der Waals surface area contributed by atoms with Gasteiger partial charge in [-0.3, -0.25) is 0 Å². The first-order chi connectivity index (χ1) is 5.54. The van der Waals surface area contributed by atoms with Crippen LogP contribution in [-0.2, 0) is 14.3 Å². The van der Waals surface area contributed by atoms with E-state index >= 15 is 0 Å². The number of ether oxygens (including phenoxy) is 2. The molecule has 3 nitrogen and oxygen atoms in total. The van der Waals surface area contributed by atoms with Crippen LogP contribution in [-0.4, -0.2) is 19.7 Å². The van der Waals surface area contributed by atoms with Gasteiger partial charge in [0, 0.05) is 7.11 Å². The van der Waals surface area contributed by atoms with Crippen molar-refractivity contribution in [3.05, 3.63) is 23.9 Å². The third-order valence-electron chi connectivity index (χ3n) is 0.477. The predicted octanol–water partition coefficient (Wildman–Crippen LogP) is 2.25. The molecule has 0 radical (unpaired) electrons. The number of rotatable bonds is 3. The molecule has 0 unspecified atom stereocenters. The minimum Gasteiger partial charge on any atom is -0.433 e. The van der Waals surface area contributed by atoms with Crippen molar-refractivity contribution in [2.45, 2.75) is 0 Å². The van der Waals surface area contributed by atoms with Gasteiger partial charge >= 0.3 is 5.97 Å². The molecule has 70 valence electrons. The molecule has 5 heteroatoms. The Morgan fingerprint density at radius 3 is 2.25 bits per heavy atom. The molecule has 0 rings (SSSR count). The van der Waals surface area contributed by atoms with E-state index < -0.39 is 5.97 Å². The summed E-state index contributed by atoms with van der Waals surface area (Å²) in [6.45, 7) is 6.25. The third kappa shape index (κ3) is 22.7. The zero-order valence-electron chi connectivity index (χ0n) is 6.68. The molecule has 0 saturated heterocycles. The van der Waals surface area contributed by atoms with Crippen LogP contribution in [0.4, 0.5) is 0 Å². The first kappa shape index (κ1) is 14.0. The highest BCUT2D eigenvalue weighted by Crippen LogP contribution is 1.98. The summed E-state index contributed by atoms with van der Waals surface area (Å²) >= 11 is 9.69. The predicted molar refractivity (Wildman–Crippen MR) is 49.0 cm³/mol. The second-order valence-electron chi connectivity index (χ2n) is 1.43. The van der Waals surface area contributed by atoms with Gasteiger partial charge in [-0.2, -0.15) is 0 Å². The van der Waals surface area contributed by atoms with Crippen molar-refractivity contribution in [1.82, 2.24) is 0 Å². The van der Waals surface area contributed by atoms with E-state index in [-0.39, 0.29) is 11.1 Å². The number of hydrogen-bond donors (Lipinski definition) is 0. The molecule has 0 spiro atoms. The van der Waals surface area contributed by atoms with Gasteiger partial charge in [0.15, 0.2) is 0 Å². The molecule has 0 aromatic heterocycles. The Kier molecular flexibility index (Phi) is 12.3. The minimum atomic E-state index is -0.428. The smallest absolute Gasteiger partial charge is 0.336 e. The highest BCUT2D eigenvalue weighted by molar-refractivity contribution is 6.55. The molecule has 0 fully saturated rings. The van der Waals surface area contributed by atoms with Gasteiger partial charge in [0.05, 0.1) is 10.8 Å². The molecule has 0 N–H and O–H groups in total. The van der Waals surface area contributed by atoms with Gasteiger partial charge in [0.1, 0.15) is 6.61 Å². The Hall–Kier alpha value is -0.510. The van der Waals surface area contributed by atoms with E-state index in [1.165, 1.54) is 7.11 Å². The summed E-state index contributed by atoms with van der Waals surface area (Å²) in [5.74, 6) is -0.428. The highest BCUT2D eigenvalue weighted by Gasteiger charge is 1.95. The summed E-state index contributed by atoms with van der Waals surface area (Å²) in [6.07, 6.45) is 1.07. The van der Waals surface area contributed by atoms with Crippen LogP contribution in [0.15, 0.2) is 23.9 Å². The standard InChI is InChI=1S/C5H8O3.C2H2Cl2/c1-3-8-5(6)4-7-2;1-2(3)4/h3H,1,4H2,2H3;1H2. The lowest BCUT2D eigenvalue weighted by molar-refractivity contribution is -0.142. The zero-order valence-corrected chi connectivity index (χ0v) is 8.19. The molecule has 0 aromatic rings. The molecular formula is C7H10Cl2O3. The van der Waals surface area contributed by atoms with Crippen molar-refractivity contribution < 1.29 is 14.3 Å². The Bertz CT molecular complexity index is 153. The summed E-state index contributed by atoms with van der Waals surface area (Å²) in [7, 11) is 1.42. The third-order valence-corrected chi connectivity index (χ3v) is 0.477. The number of esters is 1. The van der Waals surface area contributed by atoms with Crippen molar-refractivity contribution >= 4 is 29.2 Å². The molecule has 0 bridgehead atoms. The molecule has 0 aromatic carbocycles. The molecule has 0 atom stereocenters. The van der Waals surface area contributed by atoms with Crippen molar-refractivity contribution in [3.8, 4) is 0 Å². The Balaban J connectivity index is 0. The van der Waals surface area contributed by atoms with Gasteiger partial charge in [-0.15, -0.1) is 0 Å². The minimum absolute atomic E-state index is 0.0218. The molecule has 0 aliphatic rings. The fraction of sp³-hybridized carbons (Fsp3) is 0.286. The molecule has 0 heterocycles.